The number of ether oxygens (including phenoxy) is 1. The zero-order valence-electron chi connectivity index (χ0n) is 13.8. The summed E-state index contributed by atoms with van der Waals surface area (Å²) in [5.74, 6) is 0.0932. The van der Waals surface area contributed by atoms with E-state index in [2.05, 4.69) is 15.3 Å². The fourth-order valence-electron chi connectivity index (χ4n) is 3.03. The predicted octanol–water partition coefficient (Wildman–Crippen LogP) is 2.21. The van der Waals surface area contributed by atoms with Crippen LogP contribution in [0, 0.1) is 5.82 Å². The number of morpholine rings is 1. The standard InChI is InChI=1S/C17H21FN4O2/c1-11-8-22(9-12(2)24-11)15(23)6-7-19-17-16-13(18)4-3-5-14(16)20-10-21-17/h3-5,10-12H,6-9H2,1-2H3,(H,19,20,21). The molecule has 0 aliphatic carbocycles. The second kappa shape index (κ2) is 7.09. The van der Waals surface area contributed by atoms with Crippen molar-refractivity contribution in [2.75, 3.05) is 25.0 Å². The predicted molar refractivity (Wildman–Crippen MR) is 89.2 cm³/mol. The highest BCUT2D eigenvalue weighted by Gasteiger charge is 2.25. The number of anilines is 1. The van der Waals surface area contributed by atoms with E-state index in [4.69, 9.17) is 4.74 Å². The van der Waals surface area contributed by atoms with Crippen molar-refractivity contribution in [1.82, 2.24) is 14.9 Å². The van der Waals surface area contributed by atoms with Crippen LogP contribution in [0.3, 0.4) is 0 Å². The summed E-state index contributed by atoms with van der Waals surface area (Å²) in [5.41, 5.74) is 0.537. The molecule has 3 rings (SSSR count). The molecule has 1 N–H and O–H groups in total. The van der Waals surface area contributed by atoms with Gasteiger partial charge in [0.25, 0.3) is 0 Å². The van der Waals surface area contributed by atoms with Gasteiger partial charge in [-0.2, -0.15) is 0 Å². The highest BCUT2D eigenvalue weighted by molar-refractivity contribution is 5.89. The van der Waals surface area contributed by atoms with Crippen molar-refractivity contribution in [2.24, 2.45) is 0 Å². The first-order valence-corrected chi connectivity index (χ1v) is 8.11. The number of fused-ring (bicyclic) bond motifs is 1. The van der Waals surface area contributed by atoms with Gasteiger partial charge in [-0.05, 0) is 26.0 Å². The number of carbonyl (C=O) groups excluding carboxylic acids is 1. The van der Waals surface area contributed by atoms with Crippen molar-refractivity contribution in [3.05, 3.63) is 30.3 Å². The molecular weight excluding hydrogens is 311 g/mol. The summed E-state index contributed by atoms with van der Waals surface area (Å²) in [4.78, 5) is 22.3. The number of nitrogens with one attached hydrogen (secondary N) is 1. The van der Waals surface area contributed by atoms with Gasteiger partial charge in [0.15, 0.2) is 0 Å². The van der Waals surface area contributed by atoms with Crippen molar-refractivity contribution in [3.8, 4) is 0 Å². The summed E-state index contributed by atoms with van der Waals surface area (Å²) in [6, 6.07) is 4.71. The number of carbonyl (C=O) groups is 1. The summed E-state index contributed by atoms with van der Waals surface area (Å²) < 4.78 is 19.6. The molecule has 1 aromatic carbocycles. The van der Waals surface area contributed by atoms with E-state index in [1.54, 1.807) is 12.1 Å². The third-order valence-corrected chi connectivity index (χ3v) is 4.02. The van der Waals surface area contributed by atoms with Crippen LogP contribution in [0.2, 0.25) is 0 Å². The van der Waals surface area contributed by atoms with Crippen LogP contribution in [0.25, 0.3) is 10.9 Å². The Hall–Kier alpha value is -2.28. The number of amides is 1. The molecule has 0 radical (unpaired) electrons. The van der Waals surface area contributed by atoms with E-state index in [-0.39, 0.29) is 23.9 Å². The number of rotatable bonds is 4. The largest absolute Gasteiger partial charge is 0.372 e. The number of aromatic nitrogens is 2. The second-order valence-electron chi connectivity index (χ2n) is 6.09. The molecule has 0 saturated carbocycles. The molecule has 1 saturated heterocycles. The lowest BCUT2D eigenvalue weighted by atomic mass is 10.2. The van der Waals surface area contributed by atoms with Crippen molar-refractivity contribution < 1.29 is 13.9 Å². The van der Waals surface area contributed by atoms with Gasteiger partial charge < -0.3 is 15.0 Å². The topological polar surface area (TPSA) is 67.4 Å². The van der Waals surface area contributed by atoms with E-state index in [9.17, 15) is 9.18 Å². The Bertz CT molecular complexity index is 724. The lowest BCUT2D eigenvalue weighted by Crippen LogP contribution is -2.48. The van der Waals surface area contributed by atoms with Crippen LogP contribution in [0.4, 0.5) is 10.2 Å². The van der Waals surface area contributed by atoms with Gasteiger partial charge >= 0.3 is 0 Å². The van der Waals surface area contributed by atoms with Gasteiger partial charge in [-0.1, -0.05) is 6.07 Å². The molecule has 6 nitrogen and oxygen atoms in total. The van der Waals surface area contributed by atoms with Crippen LogP contribution >= 0.6 is 0 Å². The first kappa shape index (κ1) is 16.6. The minimum absolute atomic E-state index is 0.0468. The average Bonchev–Trinajstić information content (AvgIpc) is 2.54. The lowest BCUT2D eigenvalue weighted by molar-refractivity contribution is -0.142. The molecule has 2 heterocycles. The summed E-state index contributed by atoms with van der Waals surface area (Å²) in [6.07, 6.45) is 1.80. The molecule has 7 heteroatoms. The molecule has 0 bridgehead atoms. The maximum Gasteiger partial charge on any atom is 0.224 e. The molecule has 2 unspecified atom stereocenters. The monoisotopic (exact) mass is 332 g/mol. The summed E-state index contributed by atoms with van der Waals surface area (Å²) >= 11 is 0. The van der Waals surface area contributed by atoms with E-state index in [1.165, 1.54) is 12.4 Å². The Morgan fingerprint density at radius 1 is 1.33 bits per heavy atom. The van der Waals surface area contributed by atoms with Crippen LogP contribution in [-0.4, -0.2) is 52.6 Å². The molecule has 2 atom stereocenters. The number of hydrogen-bond donors (Lipinski definition) is 1. The molecular formula is C17H21FN4O2. The first-order chi connectivity index (χ1) is 11.5. The van der Waals surface area contributed by atoms with Crippen molar-refractivity contribution >= 4 is 22.6 Å². The summed E-state index contributed by atoms with van der Waals surface area (Å²) in [6.45, 7) is 5.52. The Labute approximate surface area is 140 Å². The van der Waals surface area contributed by atoms with Gasteiger partial charge in [-0.25, -0.2) is 14.4 Å². The van der Waals surface area contributed by atoms with Crippen molar-refractivity contribution in [3.63, 3.8) is 0 Å². The number of benzene rings is 1. The van der Waals surface area contributed by atoms with Crippen molar-refractivity contribution in [1.29, 1.82) is 0 Å². The quantitative estimate of drug-likeness (QED) is 0.930. The van der Waals surface area contributed by atoms with Gasteiger partial charge in [-0.3, -0.25) is 4.79 Å². The van der Waals surface area contributed by atoms with Gasteiger partial charge in [0.2, 0.25) is 5.91 Å². The zero-order chi connectivity index (χ0) is 17.1. The maximum absolute atomic E-state index is 14.0. The van der Waals surface area contributed by atoms with Gasteiger partial charge in [0, 0.05) is 26.1 Å². The summed E-state index contributed by atoms with van der Waals surface area (Å²) in [5, 5.41) is 3.40. The number of halogens is 1. The Morgan fingerprint density at radius 3 is 2.83 bits per heavy atom. The van der Waals surface area contributed by atoms with E-state index in [0.29, 0.717) is 42.8 Å². The number of hydrogen-bond acceptors (Lipinski definition) is 5. The molecule has 1 aliphatic rings. The molecule has 1 amide bonds. The Morgan fingerprint density at radius 2 is 2.08 bits per heavy atom. The Balaban J connectivity index is 1.62. The first-order valence-electron chi connectivity index (χ1n) is 8.11. The highest BCUT2D eigenvalue weighted by atomic mass is 19.1. The van der Waals surface area contributed by atoms with E-state index in [0.717, 1.165) is 0 Å². The van der Waals surface area contributed by atoms with Crippen molar-refractivity contribution in [2.45, 2.75) is 32.5 Å². The lowest BCUT2D eigenvalue weighted by Gasteiger charge is -2.35. The second-order valence-corrected chi connectivity index (χ2v) is 6.09. The van der Waals surface area contributed by atoms with Crippen LogP contribution in [0.5, 0.6) is 0 Å². The van der Waals surface area contributed by atoms with Gasteiger partial charge in [0.05, 0.1) is 23.1 Å². The third kappa shape index (κ3) is 3.62. The smallest absolute Gasteiger partial charge is 0.224 e. The van der Waals surface area contributed by atoms with Crippen LogP contribution in [-0.2, 0) is 9.53 Å². The third-order valence-electron chi connectivity index (χ3n) is 4.02. The van der Waals surface area contributed by atoms with Gasteiger partial charge in [-0.15, -0.1) is 0 Å². The average molecular weight is 332 g/mol. The highest BCUT2D eigenvalue weighted by Crippen LogP contribution is 2.22. The molecule has 24 heavy (non-hydrogen) atoms. The molecule has 1 fully saturated rings. The molecule has 128 valence electrons. The number of nitrogens with zero attached hydrogens (tertiary/aromatic N) is 3. The molecule has 1 aromatic heterocycles. The minimum atomic E-state index is -0.377. The normalized spacial score (nSPS) is 21.0. The maximum atomic E-state index is 14.0. The van der Waals surface area contributed by atoms with Gasteiger partial charge in [0.1, 0.15) is 18.0 Å². The van der Waals surface area contributed by atoms with Crippen LogP contribution < -0.4 is 5.32 Å². The van der Waals surface area contributed by atoms with Crippen LogP contribution in [0.1, 0.15) is 20.3 Å². The fourth-order valence-corrected chi connectivity index (χ4v) is 3.03. The molecule has 0 spiro atoms. The Kier molecular flexibility index (Phi) is 4.89. The molecule has 2 aromatic rings. The van der Waals surface area contributed by atoms with E-state index in [1.807, 2.05) is 18.7 Å². The van der Waals surface area contributed by atoms with E-state index < -0.39 is 0 Å². The van der Waals surface area contributed by atoms with Crippen LogP contribution in [0.15, 0.2) is 24.5 Å². The minimum Gasteiger partial charge on any atom is -0.372 e. The fraction of sp³-hybridized carbons (Fsp3) is 0.471. The summed E-state index contributed by atoms with van der Waals surface area (Å²) in [7, 11) is 0. The zero-order valence-corrected chi connectivity index (χ0v) is 13.8. The van der Waals surface area contributed by atoms with E-state index >= 15 is 0 Å². The molecule has 1 aliphatic heterocycles. The SMILES string of the molecule is CC1CN(C(=O)CCNc2ncnc3cccc(F)c23)CC(C)O1.